The molecule has 260 valence electrons. The minimum atomic E-state index is -1.16. The minimum absolute atomic E-state index is 0.0445. The zero-order valence-electron chi connectivity index (χ0n) is 28.0. The Hall–Kier alpha value is -5.57. The van der Waals surface area contributed by atoms with Crippen molar-refractivity contribution in [3.05, 3.63) is 150 Å². The first-order chi connectivity index (χ1) is 24.1. The first kappa shape index (κ1) is 34.3. The zero-order valence-corrected chi connectivity index (χ0v) is 28.0. The summed E-state index contributed by atoms with van der Waals surface area (Å²) in [7, 11) is 4.63. The number of aliphatic hydroxyl groups is 1. The van der Waals surface area contributed by atoms with Gasteiger partial charge in [0, 0.05) is 18.2 Å². The molecule has 0 radical (unpaired) electrons. The van der Waals surface area contributed by atoms with Crippen molar-refractivity contribution in [2.45, 2.75) is 43.9 Å². The third-order valence-electron chi connectivity index (χ3n) is 9.07. The SMILES string of the molecule is COc1ccc(C(OC[C@H]2O[C@@H](n3cc(C)c(=O)n(Cc4ncc([N+](=O)[O-])n4C)c3=O)C[C@@H]2O)(c2ccccc2)c2ccc(OC)cc2)cc1. The second-order valence-corrected chi connectivity index (χ2v) is 12.0. The molecule has 2 aromatic heterocycles. The maximum Gasteiger partial charge on any atom is 0.342 e. The lowest BCUT2D eigenvalue weighted by Gasteiger charge is -2.37. The Balaban J connectivity index is 1.34. The Kier molecular flexibility index (Phi) is 9.68. The van der Waals surface area contributed by atoms with Gasteiger partial charge in [0.1, 0.15) is 42.2 Å². The summed E-state index contributed by atoms with van der Waals surface area (Å²) in [5.41, 5.74) is 0.231. The fraction of sp³-hybridized carbons (Fsp3) is 0.306. The first-order valence-corrected chi connectivity index (χ1v) is 15.9. The second-order valence-electron chi connectivity index (χ2n) is 12.0. The molecule has 6 rings (SSSR count). The van der Waals surface area contributed by atoms with Crippen molar-refractivity contribution in [2.75, 3.05) is 20.8 Å². The number of methoxy groups -OCH3 is 2. The molecule has 50 heavy (non-hydrogen) atoms. The van der Waals surface area contributed by atoms with Crippen LogP contribution in [0.3, 0.4) is 0 Å². The van der Waals surface area contributed by atoms with Crippen LogP contribution < -0.4 is 20.7 Å². The van der Waals surface area contributed by atoms with Crippen LogP contribution in [0.2, 0.25) is 0 Å². The van der Waals surface area contributed by atoms with Crippen LogP contribution in [0, 0.1) is 17.0 Å². The highest BCUT2D eigenvalue weighted by Gasteiger charge is 2.42. The van der Waals surface area contributed by atoms with Crippen LogP contribution in [0.25, 0.3) is 0 Å². The van der Waals surface area contributed by atoms with E-state index in [2.05, 4.69) is 4.98 Å². The van der Waals surface area contributed by atoms with Crippen LogP contribution >= 0.6 is 0 Å². The summed E-state index contributed by atoms with van der Waals surface area (Å²) in [6, 6.07) is 24.8. The van der Waals surface area contributed by atoms with Crippen molar-refractivity contribution in [2.24, 2.45) is 7.05 Å². The Morgan fingerprint density at radius 2 is 1.54 bits per heavy atom. The molecule has 0 amide bonds. The highest BCUT2D eigenvalue weighted by atomic mass is 16.6. The fourth-order valence-corrected chi connectivity index (χ4v) is 6.32. The van der Waals surface area contributed by atoms with E-state index in [1.54, 1.807) is 21.1 Å². The van der Waals surface area contributed by atoms with Crippen LogP contribution in [0.15, 0.2) is 101 Å². The first-order valence-electron chi connectivity index (χ1n) is 15.9. The zero-order chi connectivity index (χ0) is 35.6. The lowest BCUT2D eigenvalue weighted by molar-refractivity contribution is -0.391. The second kappa shape index (κ2) is 14.1. The standard InChI is InChI=1S/C36H37N5O9/c1-23-20-39(35(44)40(34(23)43)21-31-37-19-32(38(31)2)41(45)46)33-18-29(42)30(50-33)22-49-36(24-8-6-5-7-9-24,25-10-14-27(47-3)15-11-25)26-12-16-28(48-4)17-13-26/h5-17,19-20,29-30,33,42H,18,21-22H2,1-4H3/t29-,30+,33+/m0/s1. The normalized spacial score (nSPS) is 17.5. The number of hydrogen-bond donors (Lipinski definition) is 1. The molecule has 0 unspecified atom stereocenters. The highest BCUT2D eigenvalue weighted by molar-refractivity contribution is 5.49. The predicted octanol–water partition coefficient (Wildman–Crippen LogP) is 3.68. The molecule has 0 spiro atoms. The van der Waals surface area contributed by atoms with Gasteiger partial charge in [-0.25, -0.2) is 18.9 Å². The van der Waals surface area contributed by atoms with Gasteiger partial charge in [0.2, 0.25) is 5.82 Å². The van der Waals surface area contributed by atoms with Gasteiger partial charge < -0.3 is 34.2 Å². The topological polar surface area (TPSA) is 162 Å². The smallest absolute Gasteiger partial charge is 0.342 e. The van der Waals surface area contributed by atoms with Gasteiger partial charge >= 0.3 is 11.5 Å². The Bertz CT molecular complexity index is 2040. The molecule has 14 heteroatoms. The summed E-state index contributed by atoms with van der Waals surface area (Å²) in [6.07, 6.45) is -0.299. The molecule has 1 saturated heterocycles. The summed E-state index contributed by atoms with van der Waals surface area (Å²) >= 11 is 0. The van der Waals surface area contributed by atoms with Gasteiger partial charge in [-0.2, -0.15) is 0 Å². The molecule has 3 heterocycles. The molecule has 0 aliphatic carbocycles. The molecule has 0 bridgehead atoms. The van der Waals surface area contributed by atoms with E-state index in [1.807, 2.05) is 78.9 Å². The Morgan fingerprint density at radius 1 is 0.960 bits per heavy atom. The lowest BCUT2D eigenvalue weighted by Crippen LogP contribution is -2.42. The van der Waals surface area contributed by atoms with Crippen molar-refractivity contribution in [3.8, 4) is 11.5 Å². The number of rotatable bonds is 12. The molecule has 3 aromatic carbocycles. The van der Waals surface area contributed by atoms with Gasteiger partial charge in [-0.3, -0.25) is 9.36 Å². The van der Waals surface area contributed by atoms with Crippen LogP contribution in [0.4, 0.5) is 5.82 Å². The van der Waals surface area contributed by atoms with Gasteiger partial charge in [0.15, 0.2) is 0 Å². The molecule has 1 N–H and O–H groups in total. The van der Waals surface area contributed by atoms with E-state index >= 15 is 0 Å². The summed E-state index contributed by atoms with van der Waals surface area (Å²) in [6.45, 7) is 1.18. The van der Waals surface area contributed by atoms with Gasteiger partial charge in [-0.05, 0) is 52.8 Å². The molecule has 0 saturated carbocycles. The minimum Gasteiger partial charge on any atom is -0.497 e. The van der Waals surface area contributed by atoms with E-state index in [0.29, 0.717) is 11.5 Å². The molecule has 1 aliphatic rings. The van der Waals surface area contributed by atoms with Gasteiger partial charge in [0.05, 0.1) is 34.0 Å². The molecule has 1 fully saturated rings. The van der Waals surface area contributed by atoms with E-state index in [0.717, 1.165) is 27.5 Å². The van der Waals surface area contributed by atoms with Gasteiger partial charge in [-0.15, -0.1) is 0 Å². The molecule has 1 aliphatic heterocycles. The number of benzene rings is 3. The summed E-state index contributed by atoms with van der Waals surface area (Å²) in [5.74, 6) is 1.22. The number of ether oxygens (including phenoxy) is 4. The van der Waals surface area contributed by atoms with Crippen LogP contribution in [0.5, 0.6) is 11.5 Å². The monoisotopic (exact) mass is 683 g/mol. The maximum atomic E-state index is 13.7. The maximum absolute atomic E-state index is 13.7. The molecule has 3 atom stereocenters. The number of nitro groups is 1. The van der Waals surface area contributed by atoms with Crippen LogP contribution in [-0.2, 0) is 28.7 Å². The predicted molar refractivity (Wildman–Crippen MR) is 181 cm³/mol. The summed E-state index contributed by atoms with van der Waals surface area (Å²) < 4.78 is 27.5. The molecule has 5 aromatic rings. The van der Waals surface area contributed by atoms with Gasteiger partial charge in [0.25, 0.3) is 5.56 Å². The Labute approximate surface area is 286 Å². The number of nitrogens with zero attached hydrogens (tertiary/aromatic N) is 5. The molecular weight excluding hydrogens is 646 g/mol. The van der Waals surface area contributed by atoms with Crippen LogP contribution in [0.1, 0.15) is 40.7 Å². The number of imidazole rings is 1. The Morgan fingerprint density at radius 3 is 2.08 bits per heavy atom. The van der Waals surface area contributed by atoms with Crippen molar-refractivity contribution in [3.63, 3.8) is 0 Å². The summed E-state index contributed by atoms with van der Waals surface area (Å²) in [5, 5.41) is 22.6. The largest absolute Gasteiger partial charge is 0.497 e. The van der Waals surface area contributed by atoms with Gasteiger partial charge in [-0.1, -0.05) is 54.6 Å². The van der Waals surface area contributed by atoms with Crippen LogP contribution in [-0.4, -0.2) is 61.7 Å². The van der Waals surface area contributed by atoms with E-state index < -0.39 is 40.2 Å². The number of aromatic nitrogens is 4. The van der Waals surface area contributed by atoms with E-state index in [1.165, 1.54) is 22.4 Å². The quantitative estimate of drug-likeness (QED) is 0.117. The molecular formula is C36H37N5O9. The van der Waals surface area contributed by atoms with Crippen molar-refractivity contribution >= 4 is 5.82 Å². The fourth-order valence-electron chi connectivity index (χ4n) is 6.32. The number of aryl methyl sites for hydroxylation is 1. The van der Waals surface area contributed by atoms with E-state index in [9.17, 15) is 24.8 Å². The van der Waals surface area contributed by atoms with E-state index in [4.69, 9.17) is 18.9 Å². The highest BCUT2D eigenvalue weighted by Crippen LogP contribution is 2.42. The van der Waals surface area contributed by atoms with E-state index in [-0.39, 0.29) is 36.8 Å². The van der Waals surface area contributed by atoms with Crippen molar-refractivity contribution in [1.82, 2.24) is 18.7 Å². The van der Waals surface area contributed by atoms with Crippen molar-refractivity contribution in [1.29, 1.82) is 0 Å². The lowest BCUT2D eigenvalue weighted by atomic mass is 9.80. The average Bonchev–Trinajstić information content (AvgIpc) is 3.70. The number of hydrogen-bond acceptors (Lipinski definition) is 10. The average molecular weight is 684 g/mol. The third kappa shape index (κ3) is 6.31. The number of aliphatic hydroxyl groups excluding tert-OH is 1. The van der Waals surface area contributed by atoms with Crippen molar-refractivity contribution < 1.29 is 29.0 Å². The molecule has 14 nitrogen and oxygen atoms in total. The third-order valence-corrected chi connectivity index (χ3v) is 9.07. The summed E-state index contributed by atoms with van der Waals surface area (Å²) in [4.78, 5) is 41.6.